The molecular weight excluding hydrogens is 328 g/mol. The molecule has 1 heterocycles. The zero-order valence-electron chi connectivity index (χ0n) is 16.0. The van der Waals surface area contributed by atoms with Crippen molar-refractivity contribution >= 4 is 12.0 Å². The maximum absolute atomic E-state index is 12.8. The van der Waals surface area contributed by atoms with E-state index in [-0.39, 0.29) is 17.4 Å². The normalized spacial score (nSPS) is 34.7. The number of rotatable bonds is 3. The molecule has 0 aromatic heterocycles. The van der Waals surface area contributed by atoms with Crippen LogP contribution in [-0.4, -0.2) is 42.6 Å². The van der Waals surface area contributed by atoms with E-state index in [9.17, 15) is 9.59 Å². The van der Waals surface area contributed by atoms with Gasteiger partial charge in [-0.15, -0.1) is 0 Å². The average Bonchev–Trinajstić information content (AvgIpc) is 3.07. The molecule has 1 N–H and O–H groups in total. The van der Waals surface area contributed by atoms with E-state index in [1.165, 1.54) is 23.8 Å². The number of nitrogens with one attached hydrogen (secondary N) is 1. The molecule has 0 bridgehead atoms. The van der Waals surface area contributed by atoms with Crippen molar-refractivity contribution in [2.24, 2.45) is 17.8 Å². The van der Waals surface area contributed by atoms with Crippen LogP contribution in [0.1, 0.15) is 42.4 Å². The molecule has 0 radical (unpaired) electrons. The Bertz CT molecular complexity index is 742. The predicted molar refractivity (Wildman–Crippen MR) is 98.9 cm³/mol. The highest BCUT2D eigenvalue weighted by Crippen LogP contribution is 2.58. The number of nitrogens with zero attached hydrogens (tertiary/aromatic N) is 1. The van der Waals surface area contributed by atoms with E-state index in [2.05, 4.69) is 47.0 Å². The van der Waals surface area contributed by atoms with E-state index in [4.69, 9.17) is 0 Å². The third-order valence-electron chi connectivity index (χ3n) is 6.75. The fourth-order valence-electron chi connectivity index (χ4n) is 5.03. The molecule has 1 aromatic carbocycles. The summed E-state index contributed by atoms with van der Waals surface area (Å²) >= 11 is 0. The van der Waals surface area contributed by atoms with Crippen LogP contribution in [0.4, 0.5) is 4.79 Å². The second kappa shape index (κ2) is 6.00. The number of benzene rings is 1. The predicted octanol–water partition coefficient (Wildman–Crippen LogP) is 3.00. The maximum atomic E-state index is 12.8. The number of aryl methyl sites for hydroxylation is 2. The van der Waals surface area contributed by atoms with E-state index in [1.807, 2.05) is 6.92 Å². The number of alkyl carbamates (subject to hydrolysis) is 1. The van der Waals surface area contributed by atoms with E-state index in [1.54, 1.807) is 0 Å². The van der Waals surface area contributed by atoms with Gasteiger partial charge in [0.1, 0.15) is 0 Å². The number of piperidine rings is 1. The first-order valence-electron chi connectivity index (χ1n) is 9.53. The second-order valence-corrected chi connectivity index (χ2v) is 8.72. The average molecular weight is 356 g/mol. The molecule has 1 aromatic rings. The van der Waals surface area contributed by atoms with Crippen molar-refractivity contribution in [3.63, 3.8) is 0 Å². The number of carbonyl (C=O) groups excluding carboxylic acids is 2. The van der Waals surface area contributed by atoms with Gasteiger partial charge >= 0.3 is 6.09 Å². The molecule has 3 fully saturated rings. The lowest BCUT2D eigenvalue weighted by molar-refractivity contribution is -0.140. The quantitative estimate of drug-likeness (QED) is 0.906. The molecule has 26 heavy (non-hydrogen) atoms. The topological polar surface area (TPSA) is 58.6 Å². The standard InChI is InChI=1S/C21H28N2O3/c1-12-5-6-14(7-13(12)2)18-16-10-23(11-17(16)18)19(24)15-8-21(3,9-15)22-20(25)26-4/h5-7,15-18H,8-11H2,1-4H3,(H,22,25)/t15-,16-,17+,18+,21+. The lowest BCUT2D eigenvalue weighted by Gasteiger charge is -2.45. The van der Waals surface area contributed by atoms with Crippen LogP contribution in [0.3, 0.4) is 0 Å². The number of carbonyl (C=O) groups is 2. The number of likely N-dealkylation sites (tertiary alicyclic amines) is 1. The Balaban J connectivity index is 1.30. The van der Waals surface area contributed by atoms with Crippen molar-refractivity contribution in [2.75, 3.05) is 20.2 Å². The lowest BCUT2D eigenvalue weighted by Crippen LogP contribution is -2.58. The number of amides is 2. The van der Waals surface area contributed by atoms with E-state index in [0.717, 1.165) is 13.1 Å². The summed E-state index contributed by atoms with van der Waals surface area (Å²) < 4.78 is 4.66. The monoisotopic (exact) mass is 356 g/mol. The van der Waals surface area contributed by atoms with E-state index >= 15 is 0 Å². The Labute approximate surface area is 155 Å². The summed E-state index contributed by atoms with van der Waals surface area (Å²) in [5.74, 6) is 2.18. The Morgan fingerprint density at radius 3 is 2.38 bits per heavy atom. The SMILES string of the molecule is COC(=O)N[C@]1(C)C[C@H](C(=O)N2C[C@@H]3[C@H](C2)[C@H]3c2ccc(C)c(C)c2)C1. The van der Waals surface area contributed by atoms with Crippen molar-refractivity contribution in [1.82, 2.24) is 10.2 Å². The summed E-state index contributed by atoms with van der Waals surface area (Å²) in [6.45, 7) is 8.07. The summed E-state index contributed by atoms with van der Waals surface area (Å²) in [4.78, 5) is 26.2. The van der Waals surface area contributed by atoms with Crippen LogP contribution in [0.5, 0.6) is 0 Å². The molecule has 3 aliphatic rings. The summed E-state index contributed by atoms with van der Waals surface area (Å²) in [6.07, 6.45) is 0.984. The van der Waals surface area contributed by atoms with Crippen molar-refractivity contribution in [1.29, 1.82) is 0 Å². The molecule has 4 rings (SSSR count). The third kappa shape index (κ3) is 2.87. The highest BCUT2D eigenvalue weighted by Gasteiger charge is 2.58. The van der Waals surface area contributed by atoms with Gasteiger partial charge in [-0.25, -0.2) is 4.79 Å². The fraction of sp³-hybridized carbons (Fsp3) is 0.619. The van der Waals surface area contributed by atoms with Gasteiger partial charge in [-0.05, 0) is 68.1 Å². The Hall–Kier alpha value is -2.04. The second-order valence-electron chi connectivity index (χ2n) is 8.72. The first-order valence-corrected chi connectivity index (χ1v) is 9.53. The highest BCUT2D eigenvalue weighted by atomic mass is 16.5. The van der Waals surface area contributed by atoms with Gasteiger partial charge in [-0.2, -0.15) is 0 Å². The zero-order chi connectivity index (χ0) is 18.6. The minimum atomic E-state index is -0.419. The summed E-state index contributed by atoms with van der Waals surface area (Å²) in [5, 5.41) is 2.84. The first-order chi connectivity index (χ1) is 12.3. The van der Waals surface area contributed by atoms with Gasteiger partial charge < -0.3 is 15.0 Å². The molecule has 1 saturated heterocycles. The van der Waals surface area contributed by atoms with Crippen molar-refractivity contribution in [2.45, 2.75) is 45.1 Å². The molecular formula is C21H28N2O3. The molecule has 2 amide bonds. The van der Waals surface area contributed by atoms with Gasteiger partial charge in [0.25, 0.3) is 0 Å². The fourth-order valence-corrected chi connectivity index (χ4v) is 5.03. The molecule has 5 heteroatoms. The van der Waals surface area contributed by atoms with E-state index in [0.29, 0.717) is 30.6 Å². The van der Waals surface area contributed by atoms with Crippen LogP contribution in [0, 0.1) is 31.6 Å². The van der Waals surface area contributed by atoms with Crippen LogP contribution in [0.25, 0.3) is 0 Å². The van der Waals surface area contributed by atoms with Crippen molar-refractivity contribution in [3.8, 4) is 0 Å². The number of hydrogen-bond acceptors (Lipinski definition) is 3. The number of methoxy groups -OCH3 is 1. The third-order valence-corrected chi connectivity index (χ3v) is 6.75. The Morgan fingerprint density at radius 1 is 1.15 bits per heavy atom. The van der Waals surface area contributed by atoms with Crippen molar-refractivity contribution in [3.05, 3.63) is 34.9 Å². The molecule has 0 unspecified atom stereocenters. The van der Waals surface area contributed by atoms with Crippen LogP contribution < -0.4 is 5.32 Å². The number of fused-ring (bicyclic) bond motifs is 1. The van der Waals surface area contributed by atoms with Gasteiger partial charge in [0.15, 0.2) is 0 Å². The van der Waals surface area contributed by atoms with Crippen LogP contribution in [0.2, 0.25) is 0 Å². The highest BCUT2D eigenvalue weighted by molar-refractivity contribution is 5.81. The molecule has 140 valence electrons. The van der Waals surface area contributed by atoms with Gasteiger partial charge in [-0.3, -0.25) is 4.79 Å². The molecule has 2 aliphatic carbocycles. The molecule has 3 atom stereocenters. The smallest absolute Gasteiger partial charge is 0.407 e. The maximum Gasteiger partial charge on any atom is 0.407 e. The van der Waals surface area contributed by atoms with Crippen LogP contribution >= 0.6 is 0 Å². The van der Waals surface area contributed by atoms with Crippen LogP contribution in [0.15, 0.2) is 18.2 Å². The minimum absolute atomic E-state index is 0.0368. The van der Waals surface area contributed by atoms with Crippen molar-refractivity contribution < 1.29 is 14.3 Å². The number of ether oxygens (including phenoxy) is 1. The largest absolute Gasteiger partial charge is 0.453 e. The Morgan fingerprint density at radius 2 is 1.81 bits per heavy atom. The lowest BCUT2D eigenvalue weighted by atomic mass is 9.69. The molecule has 5 nitrogen and oxygen atoms in total. The van der Waals surface area contributed by atoms with Gasteiger partial charge in [0.05, 0.1) is 7.11 Å². The van der Waals surface area contributed by atoms with Gasteiger partial charge in [0, 0.05) is 24.5 Å². The van der Waals surface area contributed by atoms with E-state index < -0.39 is 6.09 Å². The minimum Gasteiger partial charge on any atom is -0.453 e. The molecule has 0 spiro atoms. The molecule has 2 saturated carbocycles. The summed E-state index contributed by atoms with van der Waals surface area (Å²) in [5.41, 5.74) is 3.82. The summed E-state index contributed by atoms with van der Waals surface area (Å²) in [6, 6.07) is 6.79. The van der Waals surface area contributed by atoms with Gasteiger partial charge in [-0.1, -0.05) is 18.2 Å². The molecule has 1 aliphatic heterocycles. The Kier molecular flexibility index (Phi) is 4.01. The zero-order valence-corrected chi connectivity index (χ0v) is 16.0. The number of hydrogen-bond donors (Lipinski definition) is 1. The van der Waals surface area contributed by atoms with Gasteiger partial charge in [0.2, 0.25) is 5.91 Å². The summed E-state index contributed by atoms with van der Waals surface area (Å²) in [7, 11) is 1.36. The van der Waals surface area contributed by atoms with Crippen LogP contribution in [-0.2, 0) is 9.53 Å². The first kappa shape index (κ1) is 17.4.